The van der Waals surface area contributed by atoms with E-state index in [9.17, 15) is 4.79 Å². The maximum atomic E-state index is 13.8. The van der Waals surface area contributed by atoms with Crippen molar-refractivity contribution < 1.29 is 9.39 Å². The first-order chi connectivity index (χ1) is 15.3. The molecule has 0 aromatic heterocycles. The second kappa shape index (κ2) is 12.0. The van der Waals surface area contributed by atoms with E-state index in [1.165, 1.54) is 5.56 Å². The highest BCUT2D eigenvalue weighted by Crippen LogP contribution is 2.28. The van der Waals surface area contributed by atoms with Gasteiger partial charge in [-0.15, -0.1) is 6.58 Å². The van der Waals surface area contributed by atoms with Crippen molar-refractivity contribution in [2.45, 2.75) is 45.6 Å². The Morgan fingerprint density at radius 3 is 2.41 bits per heavy atom. The average Bonchev–Trinajstić information content (AvgIpc) is 2.81. The molecule has 5 heteroatoms. The summed E-state index contributed by atoms with van der Waals surface area (Å²) in [6.45, 7) is 16.3. The molecule has 0 spiro atoms. The Bertz CT molecular complexity index is 914. The van der Waals surface area contributed by atoms with Crippen molar-refractivity contribution in [3.8, 4) is 0 Å². The molecule has 0 saturated carbocycles. The first kappa shape index (κ1) is 25.9. The number of anilines is 1. The van der Waals surface area contributed by atoms with Crippen LogP contribution in [-0.4, -0.2) is 41.2 Å². The number of carbonyl (C=O) groups excluding carboxylic acids is 1. The fourth-order valence-electron chi connectivity index (χ4n) is 4.37. The predicted molar refractivity (Wildman–Crippen MR) is 139 cm³/mol. The van der Waals surface area contributed by atoms with Crippen LogP contribution in [0.15, 0.2) is 78.3 Å². The van der Waals surface area contributed by atoms with Crippen molar-refractivity contribution in [1.29, 1.82) is 0 Å². The summed E-state index contributed by atoms with van der Waals surface area (Å²) in [4.78, 5) is 13.8. The molecule has 3 unspecified atom stereocenters. The van der Waals surface area contributed by atoms with Crippen LogP contribution < -0.4 is 5.73 Å². The number of halogens is 1. The molecule has 0 radical (unpaired) electrons. The number of hydrogen-bond acceptors (Lipinski definition) is 2. The molecule has 0 fully saturated rings. The maximum absolute atomic E-state index is 13.8. The number of hydrogen-bond donors (Lipinski definition) is 1. The number of benzene rings is 2. The van der Waals surface area contributed by atoms with E-state index in [-0.39, 0.29) is 17.9 Å². The molecule has 0 aliphatic rings. The first-order valence-corrected chi connectivity index (χ1v) is 12.1. The second-order valence-electron chi connectivity index (χ2n) is 8.36. The summed E-state index contributed by atoms with van der Waals surface area (Å²) < 4.78 is 1.45. The van der Waals surface area contributed by atoms with E-state index in [0.717, 1.165) is 35.1 Å². The standard InChI is InChI=1S/C27H37BrN3O/c1-6-18-30(27(32)22(5)24-12-10-9-11-13-24)31(8-3,19-7-2)21(4)14-15-23-16-17-26(29)25(28)20-23/h6-7,9-13,16-17,20-22H,1-2,8,14-15,18-19,29H2,3-5H3/q+1. The molecule has 2 N–H and O–H groups in total. The van der Waals surface area contributed by atoms with Crippen molar-refractivity contribution in [3.63, 3.8) is 0 Å². The van der Waals surface area contributed by atoms with Gasteiger partial charge in [0.2, 0.25) is 0 Å². The molecule has 2 aromatic rings. The SMILES string of the molecule is C=CCN(C(=O)C(C)c1ccccc1)[N+](CC)(CC=C)C(C)CCc1ccc(N)c(Br)c1. The number of nitrogens with two attached hydrogens (primary N) is 1. The monoisotopic (exact) mass is 498 g/mol. The van der Waals surface area contributed by atoms with Gasteiger partial charge >= 0.3 is 0 Å². The summed E-state index contributed by atoms with van der Waals surface area (Å²) in [7, 11) is 0. The molecule has 0 aliphatic heterocycles. The number of amides is 1. The molecule has 2 rings (SSSR count). The van der Waals surface area contributed by atoms with Crippen LogP contribution in [0.5, 0.6) is 0 Å². The molecule has 0 heterocycles. The number of aryl methyl sites for hydroxylation is 1. The minimum atomic E-state index is -0.231. The molecular weight excluding hydrogens is 462 g/mol. The number of quaternary nitrogens is 1. The van der Waals surface area contributed by atoms with Crippen LogP contribution in [0.2, 0.25) is 0 Å². The minimum Gasteiger partial charge on any atom is -0.398 e. The smallest absolute Gasteiger partial charge is 0.275 e. The minimum absolute atomic E-state index is 0.113. The molecule has 172 valence electrons. The van der Waals surface area contributed by atoms with Crippen LogP contribution in [0.1, 0.15) is 44.2 Å². The van der Waals surface area contributed by atoms with Gasteiger partial charge in [-0.2, -0.15) is 5.01 Å². The summed E-state index contributed by atoms with van der Waals surface area (Å²) in [6.07, 6.45) is 5.59. The number of rotatable bonds is 12. The van der Waals surface area contributed by atoms with Crippen molar-refractivity contribution in [2.75, 3.05) is 25.4 Å². The number of carbonyl (C=O) groups is 1. The van der Waals surface area contributed by atoms with Crippen LogP contribution in [0.4, 0.5) is 5.69 Å². The third-order valence-corrected chi connectivity index (χ3v) is 7.12. The Kier molecular flexibility index (Phi) is 9.73. The van der Waals surface area contributed by atoms with Crippen molar-refractivity contribution in [2.24, 2.45) is 0 Å². The Hall–Kier alpha value is -2.37. The topological polar surface area (TPSA) is 46.3 Å². The maximum Gasteiger partial charge on any atom is 0.275 e. The van der Waals surface area contributed by atoms with Gasteiger partial charge in [-0.05, 0) is 72.5 Å². The van der Waals surface area contributed by atoms with Crippen LogP contribution >= 0.6 is 15.9 Å². The molecule has 3 atom stereocenters. The Balaban J connectivity index is 2.34. The van der Waals surface area contributed by atoms with Crippen molar-refractivity contribution in [1.82, 2.24) is 5.01 Å². The summed E-state index contributed by atoms with van der Waals surface area (Å²) >= 11 is 3.53. The number of nitrogen functional groups attached to an aromatic ring is 1. The zero-order valence-corrected chi connectivity index (χ0v) is 21.2. The van der Waals surface area contributed by atoms with Crippen molar-refractivity contribution in [3.05, 3.63) is 89.4 Å². The fraction of sp³-hybridized carbons (Fsp3) is 0.370. The molecule has 4 nitrogen and oxygen atoms in total. The van der Waals surface area contributed by atoms with Gasteiger partial charge < -0.3 is 5.73 Å². The largest absolute Gasteiger partial charge is 0.398 e. The molecule has 1 amide bonds. The van der Waals surface area contributed by atoms with E-state index in [0.29, 0.717) is 17.7 Å². The summed E-state index contributed by atoms with van der Waals surface area (Å²) in [5.41, 5.74) is 8.94. The summed E-state index contributed by atoms with van der Waals surface area (Å²) in [6, 6.07) is 16.3. The highest BCUT2D eigenvalue weighted by atomic mass is 79.9. The second-order valence-corrected chi connectivity index (χ2v) is 9.21. The lowest BCUT2D eigenvalue weighted by Gasteiger charge is -2.49. The normalized spacial score (nSPS) is 14.8. The molecule has 0 saturated heterocycles. The van der Waals surface area contributed by atoms with E-state index in [4.69, 9.17) is 5.73 Å². The number of likely N-dealkylation sites (N-methyl/N-ethyl adjacent to an activating group) is 1. The molecule has 32 heavy (non-hydrogen) atoms. The molecule has 2 aromatic carbocycles. The highest BCUT2D eigenvalue weighted by Gasteiger charge is 2.42. The lowest BCUT2D eigenvalue weighted by molar-refractivity contribution is -1.04. The van der Waals surface area contributed by atoms with Gasteiger partial charge in [0.05, 0.1) is 19.0 Å². The Morgan fingerprint density at radius 1 is 1.16 bits per heavy atom. The van der Waals surface area contributed by atoms with Crippen LogP contribution in [-0.2, 0) is 11.2 Å². The van der Waals surface area contributed by atoms with Gasteiger partial charge in [0.1, 0.15) is 12.6 Å². The van der Waals surface area contributed by atoms with Crippen molar-refractivity contribution >= 4 is 27.5 Å². The third-order valence-electron chi connectivity index (χ3n) is 6.44. The summed E-state index contributed by atoms with van der Waals surface area (Å²) in [5, 5.41) is 2.00. The zero-order valence-electron chi connectivity index (χ0n) is 19.6. The summed E-state index contributed by atoms with van der Waals surface area (Å²) in [5.74, 6) is -0.118. The van der Waals surface area contributed by atoms with E-state index >= 15 is 0 Å². The van der Waals surface area contributed by atoms with Gasteiger partial charge in [-0.3, -0.25) is 4.79 Å². The first-order valence-electron chi connectivity index (χ1n) is 11.3. The molecule has 0 bridgehead atoms. The van der Waals surface area contributed by atoms with Gasteiger partial charge in [-0.1, -0.05) is 49.1 Å². The van der Waals surface area contributed by atoms with E-state index in [1.54, 1.807) is 0 Å². The molecule has 0 aliphatic carbocycles. The lowest BCUT2D eigenvalue weighted by Crippen LogP contribution is -2.67. The Morgan fingerprint density at radius 2 is 1.84 bits per heavy atom. The van der Waals surface area contributed by atoms with Gasteiger partial charge in [0, 0.05) is 16.6 Å². The van der Waals surface area contributed by atoms with E-state index in [2.05, 4.69) is 55.1 Å². The third kappa shape index (κ3) is 5.90. The fourth-order valence-corrected chi connectivity index (χ4v) is 4.80. The zero-order chi connectivity index (χ0) is 23.7. The van der Waals surface area contributed by atoms with E-state index in [1.807, 2.05) is 60.5 Å². The van der Waals surface area contributed by atoms with Gasteiger partial charge in [0.15, 0.2) is 0 Å². The van der Waals surface area contributed by atoms with Gasteiger partial charge in [-0.25, -0.2) is 4.59 Å². The Labute approximate surface area is 202 Å². The van der Waals surface area contributed by atoms with Crippen LogP contribution in [0.25, 0.3) is 0 Å². The van der Waals surface area contributed by atoms with Crippen LogP contribution in [0.3, 0.4) is 0 Å². The van der Waals surface area contributed by atoms with E-state index < -0.39 is 0 Å². The van der Waals surface area contributed by atoms with Crippen LogP contribution in [0, 0.1) is 0 Å². The van der Waals surface area contributed by atoms with Gasteiger partial charge in [0.25, 0.3) is 5.91 Å². The lowest BCUT2D eigenvalue weighted by atomic mass is 9.99. The highest BCUT2D eigenvalue weighted by molar-refractivity contribution is 9.10. The predicted octanol–water partition coefficient (Wildman–Crippen LogP) is 6.11. The average molecular weight is 500 g/mol. The molecular formula is C27H37BrN3O+. The number of nitrogens with zero attached hydrogens (tertiary/aromatic N) is 2. The quantitative estimate of drug-likeness (QED) is 0.166.